The number of carbonyl (C=O) groups is 2. The maximum absolute atomic E-state index is 12.6. The van der Waals surface area contributed by atoms with Gasteiger partial charge in [0.05, 0.1) is 34.9 Å². The second kappa shape index (κ2) is 11.3. The van der Waals surface area contributed by atoms with Crippen LogP contribution in [0.5, 0.6) is 0 Å². The van der Waals surface area contributed by atoms with Crippen LogP contribution in [0.15, 0.2) is 24.5 Å². The van der Waals surface area contributed by atoms with Crippen LogP contribution in [0.4, 0.5) is 26.3 Å². The molecule has 0 bridgehead atoms. The number of rotatable bonds is 4. The van der Waals surface area contributed by atoms with Gasteiger partial charge in [0.25, 0.3) is 0 Å². The molecule has 0 aliphatic heterocycles. The Morgan fingerprint density at radius 1 is 0.844 bits per heavy atom. The van der Waals surface area contributed by atoms with E-state index in [4.69, 9.17) is 23.2 Å². The number of halogens is 8. The molecule has 2 rings (SSSR count). The van der Waals surface area contributed by atoms with Gasteiger partial charge in [0, 0.05) is 12.4 Å². The molecule has 0 N–H and O–H groups in total. The molecule has 0 unspecified atom stereocenters. The van der Waals surface area contributed by atoms with Crippen molar-refractivity contribution >= 4 is 35.1 Å². The third-order valence-corrected chi connectivity index (χ3v) is 3.99. The summed E-state index contributed by atoms with van der Waals surface area (Å²) < 4.78 is 82.9. The van der Waals surface area contributed by atoms with Crippen LogP contribution in [0.1, 0.15) is 45.8 Å². The van der Waals surface area contributed by atoms with Gasteiger partial charge < -0.3 is 9.47 Å². The molecule has 0 aromatic carbocycles. The van der Waals surface area contributed by atoms with E-state index in [-0.39, 0.29) is 23.4 Å². The summed E-state index contributed by atoms with van der Waals surface area (Å²) in [6.07, 6.45) is -8.01. The van der Waals surface area contributed by atoms with Gasteiger partial charge in [0.1, 0.15) is 5.15 Å². The predicted molar refractivity (Wildman–Crippen MR) is 100 cm³/mol. The Hall–Kier alpha value is -2.60. The molecule has 2 aromatic heterocycles. The van der Waals surface area contributed by atoms with Crippen LogP contribution in [-0.4, -0.2) is 35.1 Å². The van der Waals surface area contributed by atoms with Gasteiger partial charge in [0.2, 0.25) is 0 Å². The van der Waals surface area contributed by atoms with E-state index in [1.54, 1.807) is 0 Å². The van der Waals surface area contributed by atoms with E-state index >= 15 is 0 Å². The fraction of sp³-hybridized carbons (Fsp3) is 0.333. The third-order valence-electron chi connectivity index (χ3n) is 3.30. The molecular weight excluding hydrogens is 493 g/mol. The maximum atomic E-state index is 12.6. The van der Waals surface area contributed by atoms with E-state index in [0.717, 1.165) is 6.07 Å². The van der Waals surface area contributed by atoms with Crippen LogP contribution < -0.4 is 0 Å². The Bertz CT molecular complexity index is 967. The van der Waals surface area contributed by atoms with Crippen molar-refractivity contribution in [1.82, 2.24) is 9.97 Å². The molecule has 0 spiro atoms. The van der Waals surface area contributed by atoms with Crippen molar-refractivity contribution in [3.8, 4) is 0 Å². The Kier molecular flexibility index (Phi) is 9.70. The number of carbonyl (C=O) groups excluding carboxylic acids is 2. The summed E-state index contributed by atoms with van der Waals surface area (Å²) in [4.78, 5) is 29.8. The van der Waals surface area contributed by atoms with E-state index < -0.39 is 46.7 Å². The second-order valence-corrected chi connectivity index (χ2v) is 6.32. The first-order valence-corrected chi connectivity index (χ1v) is 9.27. The number of aromatic nitrogens is 2. The fourth-order valence-electron chi connectivity index (χ4n) is 1.92. The third kappa shape index (κ3) is 7.83. The van der Waals surface area contributed by atoms with Gasteiger partial charge in [-0.15, -0.1) is 0 Å². The molecule has 2 aromatic rings. The summed E-state index contributed by atoms with van der Waals surface area (Å²) in [5, 5.41) is -0.337. The highest BCUT2D eigenvalue weighted by Gasteiger charge is 2.34. The van der Waals surface area contributed by atoms with Crippen LogP contribution in [0.25, 0.3) is 0 Å². The van der Waals surface area contributed by atoms with Gasteiger partial charge in [-0.3, -0.25) is 0 Å². The molecule has 0 fully saturated rings. The summed E-state index contributed by atoms with van der Waals surface area (Å²) >= 11 is 10.6. The Balaban J connectivity index is 0.000000363. The van der Waals surface area contributed by atoms with Crippen molar-refractivity contribution < 1.29 is 45.4 Å². The normalized spacial score (nSPS) is 11.3. The Labute approximate surface area is 187 Å². The van der Waals surface area contributed by atoms with Crippen LogP contribution in [0.3, 0.4) is 0 Å². The highest BCUT2D eigenvalue weighted by molar-refractivity contribution is 6.41. The zero-order chi connectivity index (χ0) is 24.7. The van der Waals surface area contributed by atoms with E-state index in [0.29, 0.717) is 18.5 Å². The van der Waals surface area contributed by atoms with Crippen molar-refractivity contribution in [2.75, 3.05) is 13.2 Å². The molecule has 0 saturated heterocycles. The number of pyridine rings is 2. The van der Waals surface area contributed by atoms with Gasteiger partial charge in [-0.05, 0) is 26.0 Å². The summed E-state index contributed by atoms with van der Waals surface area (Å²) in [7, 11) is 0. The minimum atomic E-state index is -4.68. The molecular formula is C18H14Cl2F6N2O4. The maximum Gasteiger partial charge on any atom is 0.417 e. The molecule has 176 valence electrons. The zero-order valence-electron chi connectivity index (χ0n) is 16.3. The first-order chi connectivity index (χ1) is 14.7. The van der Waals surface area contributed by atoms with E-state index in [9.17, 15) is 35.9 Å². The molecule has 0 aliphatic rings. The largest absolute Gasteiger partial charge is 0.462 e. The summed E-state index contributed by atoms with van der Waals surface area (Å²) in [5.74, 6) is -2.04. The Morgan fingerprint density at radius 3 is 1.78 bits per heavy atom. The van der Waals surface area contributed by atoms with Gasteiger partial charge in [0.15, 0.2) is 5.69 Å². The molecule has 0 amide bonds. The SMILES string of the molecule is CCOC(=O)c1cc(C(F)(F)F)cnc1C(=O)OCC.FC(F)(F)c1cnc(Cl)c(Cl)c1. The average molecular weight is 507 g/mol. The van der Waals surface area contributed by atoms with Gasteiger partial charge in [-0.2, -0.15) is 26.3 Å². The smallest absolute Gasteiger partial charge is 0.417 e. The number of ether oxygens (including phenoxy) is 2. The summed E-state index contributed by atoms with van der Waals surface area (Å²) in [5.41, 5.74) is -3.12. The molecule has 0 aliphatic carbocycles. The number of alkyl halides is 6. The molecule has 14 heteroatoms. The number of esters is 2. The molecule has 32 heavy (non-hydrogen) atoms. The lowest BCUT2D eigenvalue weighted by Gasteiger charge is -2.11. The summed E-state index contributed by atoms with van der Waals surface area (Å²) in [6.45, 7) is 2.97. The number of hydrogen-bond donors (Lipinski definition) is 0. The van der Waals surface area contributed by atoms with E-state index in [2.05, 4.69) is 19.4 Å². The summed E-state index contributed by atoms with van der Waals surface area (Å²) in [6, 6.07) is 1.26. The average Bonchev–Trinajstić information content (AvgIpc) is 2.69. The first-order valence-electron chi connectivity index (χ1n) is 8.52. The quantitative estimate of drug-likeness (QED) is 0.293. The van der Waals surface area contributed by atoms with Gasteiger partial charge >= 0.3 is 24.3 Å². The van der Waals surface area contributed by atoms with Crippen LogP contribution in [-0.2, 0) is 21.8 Å². The van der Waals surface area contributed by atoms with Gasteiger partial charge in [-0.25, -0.2) is 19.6 Å². The Morgan fingerprint density at radius 2 is 1.31 bits per heavy atom. The number of hydrogen-bond acceptors (Lipinski definition) is 6. The van der Waals surface area contributed by atoms with Crippen molar-refractivity contribution in [1.29, 1.82) is 0 Å². The van der Waals surface area contributed by atoms with Crippen LogP contribution in [0, 0.1) is 0 Å². The molecule has 0 radical (unpaired) electrons. The van der Waals surface area contributed by atoms with Crippen molar-refractivity contribution in [2.45, 2.75) is 26.2 Å². The topological polar surface area (TPSA) is 78.4 Å². The fourth-order valence-corrected chi connectivity index (χ4v) is 2.19. The molecule has 0 atom stereocenters. The minimum Gasteiger partial charge on any atom is -0.462 e. The zero-order valence-corrected chi connectivity index (χ0v) is 17.8. The first kappa shape index (κ1) is 27.4. The molecule has 2 heterocycles. The van der Waals surface area contributed by atoms with E-state index in [1.165, 1.54) is 13.8 Å². The lowest BCUT2D eigenvalue weighted by Crippen LogP contribution is -2.18. The molecule has 0 saturated carbocycles. The lowest BCUT2D eigenvalue weighted by atomic mass is 10.1. The standard InChI is InChI=1S/C12H12F3NO4.C6H2Cl2F3N/c1-3-19-10(17)8-5-7(12(13,14)15)6-16-9(8)11(18)20-4-2;7-4-1-3(6(9,10)11)2-12-5(4)8/h5-6H,3-4H2,1-2H3;1-2H. The minimum absolute atomic E-state index is 0.00377. The monoisotopic (exact) mass is 506 g/mol. The molecule has 6 nitrogen and oxygen atoms in total. The highest BCUT2D eigenvalue weighted by atomic mass is 35.5. The van der Waals surface area contributed by atoms with Crippen molar-refractivity contribution in [3.05, 3.63) is 57.1 Å². The lowest BCUT2D eigenvalue weighted by molar-refractivity contribution is -0.138. The van der Waals surface area contributed by atoms with Crippen molar-refractivity contribution in [2.24, 2.45) is 0 Å². The highest BCUT2D eigenvalue weighted by Crippen LogP contribution is 2.32. The number of nitrogens with zero attached hydrogens (tertiary/aromatic N) is 2. The van der Waals surface area contributed by atoms with Crippen LogP contribution in [0.2, 0.25) is 10.2 Å². The second-order valence-electron chi connectivity index (χ2n) is 5.55. The van der Waals surface area contributed by atoms with Crippen LogP contribution >= 0.6 is 23.2 Å². The van der Waals surface area contributed by atoms with E-state index in [1.807, 2.05) is 0 Å². The van der Waals surface area contributed by atoms with Gasteiger partial charge in [-0.1, -0.05) is 23.2 Å². The van der Waals surface area contributed by atoms with Crippen molar-refractivity contribution in [3.63, 3.8) is 0 Å². The predicted octanol–water partition coefficient (Wildman–Crippen LogP) is 5.86.